The van der Waals surface area contributed by atoms with Gasteiger partial charge in [0.2, 0.25) is 0 Å². The Kier molecular flexibility index (Phi) is 3.09. The van der Waals surface area contributed by atoms with Crippen molar-refractivity contribution < 1.29 is 4.39 Å². The summed E-state index contributed by atoms with van der Waals surface area (Å²) in [5.41, 5.74) is 5.92. The smallest absolute Gasteiger partial charge is 0.127 e. The van der Waals surface area contributed by atoms with Crippen molar-refractivity contribution in [3.8, 4) is 0 Å². The van der Waals surface area contributed by atoms with Crippen molar-refractivity contribution in [1.82, 2.24) is 0 Å². The number of hydrogen-bond acceptors (Lipinski definition) is 1. The van der Waals surface area contributed by atoms with Crippen molar-refractivity contribution in [1.29, 1.82) is 0 Å². The molecule has 2 N–H and O–H groups in total. The summed E-state index contributed by atoms with van der Waals surface area (Å²) in [4.78, 5) is 0. The Morgan fingerprint density at radius 2 is 2.08 bits per heavy atom. The fraction of sp³-hybridized carbons (Fsp3) is 0.400. The summed E-state index contributed by atoms with van der Waals surface area (Å²) >= 11 is 3.31. The maximum Gasteiger partial charge on any atom is 0.127 e. The molecule has 0 atom stereocenters. The highest BCUT2D eigenvalue weighted by Crippen LogP contribution is 2.27. The number of halogens is 2. The maximum atomic E-state index is 13.4. The molecule has 0 heterocycles. The lowest BCUT2D eigenvalue weighted by Crippen LogP contribution is -2.29. The summed E-state index contributed by atoms with van der Waals surface area (Å²) in [5.74, 6) is -0.196. The monoisotopic (exact) mass is 245 g/mol. The van der Waals surface area contributed by atoms with Gasteiger partial charge < -0.3 is 5.73 Å². The average molecular weight is 246 g/mol. The Morgan fingerprint density at radius 1 is 1.46 bits per heavy atom. The molecule has 3 heteroatoms. The first kappa shape index (κ1) is 10.7. The van der Waals surface area contributed by atoms with Crippen molar-refractivity contribution in [2.24, 2.45) is 5.73 Å². The molecule has 0 saturated carbocycles. The van der Waals surface area contributed by atoms with E-state index >= 15 is 0 Å². The highest BCUT2D eigenvalue weighted by molar-refractivity contribution is 9.10. The quantitative estimate of drug-likeness (QED) is 0.853. The van der Waals surface area contributed by atoms with Gasteiger partial charge in [-0.25, -0.2) is 4.39 Å². The van der Waals surface area contributed by atoms with E-state index in [4.69, 9.17) is 5.73 Å². The third-order valence-electron chi connectivity index (χ3n) is 2.17. The Balaban J connectivity index is 3.20. The topological polar surface area (TPSA) is 26.0 Å². The Hall–Kier alpha value is -0.410. The van der Waals surface area contributed by atoms with Gasteiger partial charge in [-0.2, -0.15) is 0 Å². The third kappa shape index (κ3) is 2.29. The van der Waals surface area contributed by atoms with Gasteiger partial charge in [0.1, 0.15) is 5.82 Å². The zero-order chi connectivity index (χ0) is 10.1. The van der Waals surface area contributed by atoms with Crippen LogP contribution in [0.1, 0.15) is 19.4 Å². The molecular weight excluding hydrogens is 233 g/mol. The summed E-state index contributed by atoms with van der Waals surface area (Å²) in [6, 6.07) is 4.92. The second-order valence-corrected chi connectivity index (χ2v) is 4.63. The first-order valence-corrected chi connectivity index (χ1v) is 4.92. The first-order chi connectivity index (χ1) is 5.97. The van der Waals surface area contributed by atoms with Gasteiger partial charge in [0.15, 0.2) is 0 Å². The molecule has 0 amide bonds. The van der Waals surface area contributed by atoms with Gasteiger partial charge >= 0.3 is 0 Å². The molecule has 13 heavy (non-hydrogen) atoms. The van der Waals surface area contributed by atoms with Gasteiger partial charge in [-0.15, -0.1) is 0 Å². The normalized spacial score (nSPS) is 11.8. The second kappa shape index (κ2) is 3.76. The van der Waals surface area contributed by atoms with E-state index < -0.39 is 0 Å². The number of rotatable bonds is 2. The molecule has 0 aliphatic carbocycles. The van der Waals surface area contributed by atoms with Crippen LogP contribution < -0.4 is 5.73 Å². The van der Waals surface area contributed by atoms with Crippen LogP contribution in [-0.4, -0.2) is 6.54 Å². The molecule has 0 saturated heterocycles. The molecule has 1 rings (SSSR count). The maximum absolute atomic E-state index is 13.4. The standard InChI is InChI=1S/C10H13BrFN/c1-10(2,6-13)8-5-7(11)3-4-9(8)12/h3-5H,6,13H2,1-2H3. The molecule has 0 aliphatic heterocycles. The molecule has 0 aromatic heterocycles. The first-order valence-electron chi connectivity index (χ1n) is 4.13. The van der Waals surface area contributed by atoms with E-state index in [1.54, 1.807) is 12.1 Å². The Labute approximate surface area is 86.3 Å². The van der Waals surface area contributed by atoms with Crippen molar-refractivity contribution in [2.75, 3.05) is 6.54 Å². The van der Waals surface area contributed by atoms with Gasteiger partial charge in [-0.05, 0) is 23.8 Å². The van der Waals surface area contributed by atoms with E-state index in [-0.39, 0.29) is 11.2 Å². The highest BCUT2D eigenvalue weighted by atomic mass is 79.9. The molecule has 1 aromatic carbocycles. The molecule has 0 bridgehead atoms. The van der Waals surface area contributed by atoms with Gasteiger partial charge in [-0.3, -0.25) is 0 Å². The van der Waals surface area contributed by atoms with Crippen LogP contribution in [0.5, 0.6) is 0 Å². The minimum Gasteiger partial charge on any atom is -0.330 e. The summed E-state index contributed by atoms with van der Waals surface area (Å²) < 4.78 is 14.3. The molecule has 0 fully saturated rings. The predicted octanol–water partition coefficient (Wildman–Crippen LogP) is 2.82. The van der Waals surface area contributed by atoms with Crippen LogP contribution in [0.3, 0.4) is 0 Å². The van der Waals surface area contributed by atoms with Crippen molar-refractivity contribution in [3.05, 3.63) is 34.1 Å². The summed E-state index contributed by atoms with van der Waals surface area (Å²) in [6.07, 6.45) is 0. The minimum absolute atomic E-state index is 0.196. The number of nitrogens with two attached hydrogens (primary N) is 1. The lowest BCUT2D eigenvalue weighted by atomic mass is 9.84. The summed E-state index contributed by atoms with van der Waals surface area (Å²) in [7, 11) is 0. The zero-order valence-corrected chi connectivity index (χ0v) is 9.36. The van der Waals surface area contributed by atoms with Crippen LogP contribution in [0.25, 0.3) is 0 Å². The van der Waals surface area contributed by atoms with Gasteiger partial charge in [0.05, 0.1) is 0 Å². The van der Waals surface area contributed by atoms with Crippen LogP contribution in [-0.2, 0) is 5.41 Å². The van der Waals surface area contributed by atoms with E-state index in [1.165, 1.54) is 6.07 Å². The molecule has 0 radical (unpaired) electrons. The van der Waals surface area contributed by atoms with E-state index in [9.17, 15) is 4.39 Å². The molecule has 1 aromatic rings. The SMILES string of the molecule is CC(C)(CN)c1cc(Br)ccc1F. The number of benzene rings is 1. The highest BCUT2D eigenvalue weighted by Gasteiger charge is 2.22. The van der Waals surface area contributed by atoms with E-state index in [1.807, 2.05) is 13.8 Å². The molecular formula is C10H13BrFN. The number of hydrogen-bond donors (Lipinski definition) is 1. The fourth-order valence-electron chi connectivity index (χ4n) is 1.13. The minimum atomic E-state index is -0.312. The Morgan fingerprint density at radius 3 is 2.62 bits per heavy atom. The van der Waals surface area contributed by atoms with Gasteiger partial charge in [0, 0.05) is 16.4 Å². The lowest BCUT2D eigenvalue weighted by Gasteiger charge is -2.23. The predicted molar refractivity (Wildman–Crippen MR) is 56.2 cm³/mol. The summed E-state index contributed by atoms with van der Waals surface area (Å²) in [6.45, 7) is 4.29. The fourth-order valence-corrected chi connectivity index (χ4v) is 1.49. The molecule has 0 aliphatic rings. The summed E-state index contributed by atoms with van der Waals surface area (Å²) in [5, 5.41) is 0. The van der Waals surface area contributed by atoms with Crippen LogP contribution in [0, 0.1) is 5.82 Å². The van der Waals surface area contributed by atoms with Crippen molar-refractivity contribution in [2.45, 2.75) is 19.3 Å². The van der Waals surface area contributed by atoms with Crippen molar-refractivity contribution >= 4 is 15.9 Å². The van der Waals surface area contributed by atoms with Crippen LogP contribution in [0.2, 0.25) is 0 Å². The molecule has 0 spiro atoms. The molecule has 72 valence electrons. The van der Waals surface area contributed by atoms with Crippen LogP contribution >= 0.6 is 15.9 Å². The van der Waals surface area contributed by atoms with E-state index in [2.05, 4.69) is 15.9 Å². The third-order valence-corrected chi connectivity index (χ3v) is 2.66. The molecule has 0 unspecified atom stereocenters. The van der Waals surface area contributed by atoms with Crippen LogP contribution in [0.4, 0.5) is 4.39 Å². The van der Waals surface area contributed by atoms with E-state index in [0.717, 1.165) is 4.47 Å². The molecule has 1 nitrogen and oxygen atoms in total. The van der Waals surface area contributed by atoms with Crippen LogP contribution in [0.15, 0.2) is 22.7 Å². The van der Waals surface area contributed by atoms with E-state index in [0.29, 0.717) is 12.1 Å². The second-order valence-electron chi connectivity index (χ2n) is 3.71. The average Bonchev–Trinajstić information content (AvgIpc) is 2.09. The van der Waals surface area contributed by atoms with Crippen molar-refractivity contribution in [3.63, 3.8) is 0 Å². The largest absolute Gasteiger partial charge is 0.330 e. The Bertz CT molecular complexity index is 310. The van der Waals surface area contributed by atoms with Gasteiger partial charge in [0.25, 0.3) is 0 Å². The van der Waals surface area contributed by atoms with Gasteiger partial charge in [-0.1, -0.05) is 29.8 Å². The lowest BCUT2D eigenvalue weighted by molar-refractivity contribution is 0.492. The zero-order valence-electron chi connectivity index (χ0n) is 7.77.